The molecule has 0 bridgehead atoms. The summed E-state index contributed by atoms with van der Waals surface area (Å²) in [5.41, 5.74) is 1.14. The van der Waals surface area contributed by atoms with Crippen LogP contribution in [0.4, 0.5) is 4.79 Å². The maximum atomic E-state index is 12.3. The number of carbonyl (C=O) groups excluding carboxylic acids is 1. The number of likely N-dealkylation sites (tertiary alicyclic amines) is 1. The van der Waals surface area contributed by atoms with E-state index in [-0.39, 0.29) is 12.0 Å². The van der Waals surface area contributed by atoms with E-state index >= 15 is 0 Å². The zero-order valence-electron chi connectivity index (χ0n) is 15.7. The maximum absolute atomic E-state index is 12.3. The number of hydrogen-bond acceptors (Lipinski definition) is 4. The molecule has 0 unspecified atom stereocenters. The van der Waals surface area contributed by atoms with Crippen LogP contribution in [0.1, 0.15) is 32.8 Å². The van der Waals surface area contributed by atoms with E-state index in [1.165, 1.54) is 0 Å². The fourth-order valence-corrected chi connectivity index (χ4v) is 3.89. The van der Waals surface area contributed by atoms with Crippen molar-refractivity contribution in [2.75, 3.05) is 13.1 Å². The molecule has 27 heavy (non-hydrogen) atoms. The van der Waals surface area contributed by atoms with Gasteiger partial charge in [0, 0.05) is 18.5 Å². The summed E-state index contributed by atoms with van der Waals surface area (Å²) in [4.78, 5) is 25.8. The fraction of sp³-hybridized carbons (Fsp3) is 0.500. The van der Waals surface area contributed by atoms with E-state index in [0.717, 1.165) is 21.0 Å². The van der Waals surface area contributed by atoms with Gasteiger partial charge in [-0.3, -0.25) is 4.79 Å². The molecule has 1 amide bonds. The normalized spacial score (nSPS) is 18.7. The summed E-state index contributed by atoms with van der Waals surface area (Å²) in [5, 5.41) is 10.7. The van der Waals surface area contributed by atoms with E-state index in [9.17, 15) is 14.7 Å². The lowest BCUT2D eigenvalue weighted by Crippen LogP contribution is -2.36. The summed E-state index contributed by atoms with van der Waals surface area (Å²) in [6, 6.07) is 5.71. The van der Waals surface area contributed by atoms with Gasteiger partial charge in [0.2, 0.25) is 0 Å². The molecule has 1 aromatic heterocycles. The first-order chi connectivity index (χ1) is 12.6. The van der Waals surface area contributed by atoms with Gasteiger partial charge in [-0.05, 0) is 73.2 Å². The third kappa shape index (κ3) is 4.64. The van der Waals surface area contributed by atoms with Crippen LogP contribution >= 0.6 is 15.9 Å². The first kappa shape index (κ1) is 19.7. The first-order valence-corrected chi connectivity index (χ1v) is 9.79. The van der Waals surface area contributed by atoms with Gasteiger partial charge in [-0.15, -0.1) is 0 Å². The van der Waals surface area contributed by atoms with E-state index in [1.54, 1.807) is 11.2 Å². The van der Waals surface area contributed by atoms with Gasteiger partial charge in [0.1, 0.15) is 17.4 Å². The number of nitrogens with zero attached hydrogens (tertiary/aromatic N) is 1. The molecule has 1 saturated heterocycles. The van der Waals surface area contributed by atoms with Crippen molar-refractivity contribution in [3.8, 4) is 0 Å². The molecule has 2 aromatic rings. The lowest BCUT2D eigenvalue weighted by atomic mass is 9.86. The summed E-state index contributed by atoms with van der Waals surface area (Å²) in [6.45, 7) is 6.40. The van der Waals surface area contributed by atoms with Crippen molar-refractivity contribution in [3.05, 3.63) is 34.5 Å². The standard InChI is InChI=1S/C20H24BrNO5/c1-20(2,3)27-19(25)22-7-6-13(10-22)14(18(23)24)8-12-4-5-17-15(9-12)16(21)11-26-17/h4-5,9,11,13-14H,6-8,10H2,1-3H3,(H,23,24)/t13-,14-/m0/s1. The second-order valence-corrected chi connectivity index (χ2v) is 8.89. The summed E-state index contributed by atoms with van der Waals surface area (Å²) in [6.07, 6.45) is 2.32. The molecule has 1 fully saturated rings. The van der Waals surface area contributed by atoms with E-state index in [2.05, 4.69) is 15.9 Å². The average molecular weight is 438 g/mol. The van der Waals surface area contributed by atoms with Gasteiger partial charge >= 0.3 is 12.1 Å². The smallest absolute Gasteiger partial charge is 0.410 e. The minimum absolute atomic E-state index is 0.0986. The number of carboxylic acids is 1. The lowest BCUT2D eigenvalue weighted by Gasteiger charge is -2.25. The Morgan fingerprint density at radius 2 is 2.15 bits per heavy atom. The zero-order valence-corrected chi connectivity index (χ0v) is 17.3. The van der Waals surface area contributed by atoms with Crippen LogP contribution in [0.2, 0.25) is 0 Å². The van der Waals surface area contributed by atoms with Crippen LogP contribution in [-0.4, -0.2) is 40.8 Å². The highest BCUT2D eigenvalue weighted by atomic mass is 79.9. The Kier molecular flexibility index (Phi) is 5.51. The zero-order chi connectivity index (χ0) is 19.8. The van der Waals surface area contributed by atoms with Crippen molar-refractivity contribution in [3.63, 3.8) is 0 Å². The Hall–Kier alpha value is -2.02. The summed E-state index contributed by atoms with van der Waals surface area (Å²) >= 11 is 3.44. The number of rotatable bonds is 4. The molecule has 1 aromatic carbocycles. The van der Waals surface area contributed by atoms with Crippen molar-refractivity contribution in [2.45, 2.75) is 39.2 Å². The van der Waals surface area contributed by atoms with E-state index in [0.29, 0.717) is 25.9 Å². The Morgan fingerprint density at radius 3 is 2.81 bits per heavy atom. The van der Waals surface area contributed by atoms with Gasteiger partial charge in [-0.1, -0.05) is 6.07 Å². The number of furan rings is 1. The minimum atomic E-state index is -0.836. The van der Waals surface area contributed by atoms with Crippen LogP contribution in [0.3, 0.4) is 0 Å². The molecule has 1 aliphatic heterocycles. The molecule has 6 nitrogen and oxygen atoms in total. The summed E-state index contributed by atoms with van der Waals surface area (Å²) in [5.74, 6) is -1.49. The molecule has 1 aliphatic rings. The monoisotopic (exact) mass is 437 g/mol. The predicted octanol–water partition coefficient (Wildman–Crippen LogP) is 4.70. The van der Waals surface area contributed by atoms with Crippen LogP contribution in [-0.2, 0) is 16.0 Å². The molecular weight excluding hydrogens is 414 g/mol. The van der Waals surface area contributed by atoms with Gasteiger partial charge in [0.05, 0.1) is 10.4 Å². The highest BCUT2D eigenvalue weighted by Gasteiger charge is 2.37. The Labute approximate surface area is 166 Å². The number of halogens is 1. The van der Waals surface area contributed by atoms with Crippen LogP contribution in [0.15, 0.2) is 33.4 Å². The van der Waals surface area contributed by atoms with E-state index < -0.39 is 17.5 Å². The second-order valence-electron chi connectivity index (χ2n) is 8.04. The first-order valence-electron chi connectivity index (χ1n) is 9.00. The number of benzene rings is 1. The Bertz CT molecular complexity index is 854. The second kappa shape index (κ2) is 7.54. The fourth-order valence-electron chi connectivity index (χ4n) is 3.49. The van der Waals surface area contributed by atoms with Gasteiger partial charge in [0.25, 0.3) is 0 Å². The Balaban J connectivity index is 1.71. The molecular formula is C20H24BrNO5. The van der Waals surface area contributed by atoms with Crippen LogP contribution < -0.4 is 0 Å². The van der Waals surface area contributed by atoms with Crippen LogP contribution in [0, 0.1) is 11.8 Å². The number of fused-ring (bicyclic) bond motifs is 1. The largest absolute Gasteiger partial charge is 0.481 e. The van der Waals surface area contributed by atoms with Crippen molar-refractivity contribution in [1.82, 2.24) is 4.90 Å². The quantitative estimate of drug-likeness (QED) is 0.749. The number of ether oxygens (including phenoxy) is 1. The third-order valence-electron chi connectivity index (χ3n) is 4.81. The minimum Gasteiger partial charge on any atom is -0.481 e. The van der Waals surface area contributed by atoms with Crippen LogP contribution in [0.5, 0.6) is 0 Å². The summed E-state index contributed by atoms with van der Waals surface area (Å²) < 4.78 is 11.7. The number of carbonyl (C=O) groups is 2. The number of hydrogen-bond donors (Lipinski definition) is 1. The van der Waals surface area contributed by atoms with Crippen molar-refractivity contribution >= 4 is 39.0 Å². The van der Waals surface area contributed by atoms with Gasteiger partial charge in [-0.25, -0.2) is 4.79 Å². The molecule has 146 valence electrons. The maximum Gasteiger partial charge on any atom is 0.410 e. The molecule has 1 N–H and O–H groups in total. The van der Waals surface area contributed by atoms with Crippen molar-refractivity contribution in [1.29, 1.82) is 0 Å². The SMILES string of the molecule is CC(C)(C)OC(=O)N1CC[C@H]([C@H](Cc2ccc3occ(Br)c3c2)C(=O)O)C1. The number of aliphatic carboxylic acids is 1. The van der Waals surface area contributed by atoms with Crippen molar-refractivity contribution in [2.24, 2.45) is 11.8 Å². The molecule has 0 radical (unpaired) electrons. The molecule has 0 aliphatic carbocycles. The third-order valence-corrected chi connectivity index (χ3v) is 5.42. The van der Waals surface area contributed by atoms with E-state index in [1.807, 2.05) is 39.0 Å². The predicted molar refractivity (Wildman–Crippen MR) is 105 cm³/mol. The highest BCUT2D eigenvalue weighted by molar-refractivity contribution is 9.10. The molecule has 7 heteroatoms. The van der Waals surface area contributed by atoms with Gasteiger partial charge in [-0.2, -0.15) is 0 Å². The summed E-state index contributed by atoms with van der Waals surface area (Å²) in [7, 11) is 0. The lowest BCUT2D eigenvalue weighted by molar-refractivity contribution is -0.143. The van der Waals surface area contributed by atoms with Crippen molar-refractivity contribution < 1.29 is 23.8 Å². The highest BCUT2D eigenvalue weighted by Crippen LogP contribution is 2.31. The van der Waals surface area contributed by atoms with Gasteiger partial charge < -0.3 is 19.2 Å². The molecule has 3 rings (SSSR count). The topological polar surface area (TPSA) is 80.0 Å². The van der Waals surface area contributed by atoms with E-state index in [4.69, 9.17) is 9.15 Å². The molecule has 0 spiro atoms. The molecule has 2 heterocycles. The van der Waals surface area contributed by atoms with Crippen LogP contribution in [0.25, 0.3) is 11.0 Å². The average Bonchev–Trinajstić information content (AvgIpc) is 3.18. The molecule has 0 saturated carbocycles. The number of carboxylic acid groups (broad SMARTS) is 1. The van der Waals surface area contributed by atoms with Gasteiger partial charge in [0.15, 0.2) is 0 Å². The number of amides is 1. The molecule has 2 atom stereocenters. The Morgan fingerprint density at radius 1 is 1.41 bits per heavy atom.